The minimum absolute atomic E-state index is 0.595. The van der Waals surface area contributed by atoms with E-state index in [4.69, 9.17) is 22.1 Å². The van der Waals surface area contributed by atoms with Crippen LogP contribution in [0.5, 0.6) is 0 Å². The zero-order valence-electron chi connectivity index (χ0n) is 10.9. The monoisotopic (exact) mass is 278 g/mol. The van der Waals surface area contributed by atoms with Crippen molar-refractivity contribution >= 4 is 22.5 Å². The number of nitrogens with two attached hydrogens (primary N) is 1. The Morgan fingerprint density at radius 3 is 2.95 bits per heavy atom. The molecule has 1 aromatic heterocycles. The maximum atomic E-state index is 6.09. The highest BCUT2D eigenvalue weighted by molar-refractivity contribution is 6.31. The Balaban J connectivity index is 1.85. The number of nitrogens with zero attached hydrogens (tertiary/aromatic N) is 1. The lowest BCUT2D eigenvalue weighted by Crippen LogP contribution is -2.04. The summed E-state index contributed by atoms with van der Waals surface area (Å²) in [6.45, 7) is 2.12. The Hall–Kier alpha value is -1.03. The van der Waals surface area contributed by atoms with Crippen molar-refractivity contribution < 1.29 is 4.74 Å². The van der Waals surface area contributed by atoms with Gasteiger partial charge in [0.25, 0.3) is 0 Å². The molecule has 0 saturated heterocycles. The fourth-order valence-corrected chi connectivity index (χ4v) is 2.57. The fourth-order valence-electron chi connectivity index (χ4n) is 2.40. The molecular weight excluding hydrogens is 260 g/mol. The van der Waals surface area contributed by atoms with Gasteiger partial charge in [0.1, 0.15) is 6.73 Å². The van der Waals surface area contributed by atoms with E-state index < -0.39 is 0 Å². The molecule has 19 heavy (non-hydrogen) atoms. The van der Waals surface area contributed by atoms with E-state index in [1.165, 1.54) is 23.8 Å². The normalized spacial score (nSPS) is 15.3. The highest BCUT2D eigenvalue weighted by Crippen LogP contribution is 2.29. The van der Waals surface area contributed by atoms with Crippen LogP contribution in [0.3, 0.4) is 0 Å². The number of aromatic nitrogens is 1. The summed E-state index contributed by atoms with van der Waals surface area (Å²) in [5, 5.41) is 1.98. The highest BCUT2D eigenvalue weighted by Gasteiger charge is 2.21. The van der Waals surface area contributed by atoms with Crippen molar-refractivity contribution in [3.63, 3.8) is 0 Å². The summed E-state index contributed by atoms with van der Waals surface area (Å²) in [5.41, 5.74) is 8.07. The molecule has 0 unspecified atom stereocenters. The maximum absolute atomic E-state index is 6.09. The summed E-state index contributed by atoms with van der Waals surface area (Å²) < 4.78 is 7.91. The van der Waals surface area contributed by atoms with E-state index in [0.29, 0.717) is 13.3 Å². The number of rotatable bonds is 6. The molecule has 0 bridgehead atoms. The van der Waals surface area contributed by atoms with Crippen LogP contribution >= 0.6 is 11.6 Å². The number of hydrogen-bond acceptors (Lipinski definition) is 2. The van der Waals surface area contributed by atoms with Crippen molar-refractivity contribution in [3.8, 4) is 0 Å². The van der Waals surface area contributed by atoms with Gasteiger partial charge in [-0.1, -0.05) is 17.7 Å². The Labute approximate surface area is 118 Å². The zero-order chi connectivity index (χ0) is 13.2. The van der Waals surface area contributed by atoms with Gasteiger partial charge in [-0.05, 0) is 49.4 Å². The molecule has 0 amide bonds. The van der Waals surface area contributed by atoms with Gasteiger partial charge in [-0.25, -0.2) is 0 Å². The minimum Gasteiger partial charge on any atom is -0.360 e. The second-order valence-corrected chi connectivity index (χ2v) is 5.70. The first-order chi connectivity index (χ1) is 9.28. The molecule has 1 aliphatic rings. The lowest BCUT2D eigenvalue weighted by atomic mass is 10.1. The van der Waals surface area contributed by atoms with Gasteiger partial charge in [-0.15, -0.1) is 0 Å². The lowest BCUT2D eigenvalue weighted by Gasteiger charge is -2.06. The Morgan fingerprint density at radius 1 is 1.37 bits per heavy atom. The predicted molar refractivity (Wildman–Crippen MR) is 78.4 cm³/mol. The van der Waals surface area contributed by atoms with Gasteiger partial charge >= 0.3 is 0 Å². The van der Waals surface area contributed by atoms with Crippen molar-refractivity contribution in [1.82, 2.24) is 4.57 Å². The van der Waals surface area contributed by atoms with Gasteiger partial charge in [0.05, 0.1) is 12.1 Å². The van der Waals surface area contributed by atoms with Crippen LogP contribution in [0.1, 0.15) is 18.4 Å². The predicted octanol–water partition coefficient (Wildman–Crippen LogP) is 3.18. The summed E-state index contributed by atoms with van der Waals surface area (Å²) in [6, 6.07) is 6.00. The van der Waals surface area contributed by atoms with E-state index in [2.05, 4.69) is 16.8 Å². The molecule has 3 nitrogen and oxygen atoms in total. The average molecular weight is 279 g/mol. The largest absolute Gasteiger partial charge is 0.360 e. The first-order valence-electron chi connectivity index (χ1n) is 6.83. The van der Waals surface area contributed by atoms with Gasteiger partial charge < -0.3 is 15.0 Å². The number of ether oxygens (including phenoxy) is 1. The van der Waals surface area contributed by atoms with E-state index in [-0.39, 0.29) is 0 Å². The smallest absolute Gasteiger partial charge is 0.122 e. The molecule has 1 heterocycles. The fraction of sp³-hybridized carbons (Fsp3) is 0.467. The third-order valence-corrected chi connectivity index (χ3v) is 3.86. The molecule has 1 aromatic carbocycles. The summed E-state index contributed by atoms with van der Waals surface area (Å²) in [5.74, 6) is 0.786. The van der Waals surface area contributed by atoms with Gasteiger partial charge in [0, 0.05) is 16.6 Å². The molecule has 1 fully saturated rings. The Morgan fingerprint density at radius 2 is 2.21 bits per heavy atom. The first-order valence-corrected chi connectivity index (χ1v) is 7.21. The highest BCUT2D eigenvalue weighted by atomic mass is 35.5. The SMILES string of the molecule is NCCc1cn(COCC2CC2)c2cc(Cl)ccc12. The molecule has 0 aliphatic heterocycles. The summed E-state index contributed by atoms with van der Waals surface area (Å²) in [4.78, 5) is 0. The minimum atomic E-state index is 0.595. The van der Waals surface area contributed by atoms with Crippen molar-refractivity contribution in [2.45, 2.75) is 26.0 Å². The zero-order valence-corrected chi connectivity index (χ0v) is 11.7. The van der Waals surface area contributed by atoms with Crippen LogP contribution < -0.4 is 5.73 Å². The number of hydrogen-bond donors (Lipinski definition) is 1. The number of benzene rings is 1. The molecule has 2 aromatic rings. The first kappa shape index (κ1) is 13.0. The number of fused-ring (bicyclic) bond motifs is 1. The van der Waals surface area contributed by atoms with Gasteiger partial charge in [0.15, 0.2) is 0 Å². The van der Waals surface area contributed by atoms with Crippen molar-refractivity contribution in [1.29, 1.82) is 0 Å². The van der Waals surface area contributed by atoms with E-state index in [9.17, 15) is 0 Å². The quantitative estimate of drug-likeness (QED) is 0.882. The van der Waals surface area contributed by atoms with Crippen LogP contribution in [-0.4, -0.2) is 17.7 Å². The third-order valence-electron chi connectivity index (χ3n) is 3.62. The van der Waals surface area contributed by atoms with Crippen LogP contribution in [0, 0.1) is 5.92 Å². The molecular formula is C15H19ClN2O. The second-order valence-electron chi connectivity index (χ2n) is 5.27. The molecule has 1 aliphatic carbocycles. The average Bonchev–Trinajstić information content (AvgIpc) is 3.15. The third kappa shape index (κ3) is 2.94. The Bertz CT molecular complexity index is 575. The standard InChI is InChI=1S/C15H19ClN2O/c16-13-3-4-14-12(5-6-17)8-18(15(14)7-13)10-19-9-11-1-2-11/h3-4,7-8,11H,1-2,5-6,9-10,17H2. The molecule has 2 N–H and O–H groups in total. The van der Waals surface area contributed by atoms with E-state index in [1.54, 1.807) is 0 Å². The summed E-state index contributed by atoms with van der Waals surface area (Å²) >= 11 is 6.09. The molecule has 0 spiro atoms. The van der Waals surface area contributed by atoms with Crippen LogP contribution in [-0.2, 0) is 17.9 Å². The molecule has 1 saturated carbocycles. The summed E-state index contributed by atoms with van der Waals surface area (Å²) in [7, 11) is 0. The van der Waals surface area contributed by atoms with E-state index in [1.807, 2.05) is 12.1 Å². The van der Waals surface area contributed by atoms with Crippen molar-refractivity contribution in [3.05, 3.63) is 35.0 Å². The molecule has 102 valence electrons. The van der Waals surface area contributed by atoms with Gasteiger partial charge in [0.2, 0.25) is 0 Å². The molecule has 4 heteroatoms. The van der Waals surface area contributed by atoms with E-state index in [0.717, 1.165) is 29.5 Å². The number of halogens is 1. The Kier molecular flexibility index (Phi) is 3.78. The van der Waals surface area contributed by atoms with Crippen LogP contribution in [0.4, 0.5) is 0 Å². The second kappa shape index (κ2) is 5.53. The van der Waals surface area contributed by atoms with Gasteiger partial charge in [-0.3, -0.25) is 0 Å². The molecule has 3 rings (SSSR count). The van der Waals surface area contributed by atoms with Crippen LogP contribution in [0.25, 0.3) is 10.9 Å². The van der Waals surface area contributed by atoms with E-state index >= 15 is 0 Å². The molecule has 0 radical (unpaired) electrons. The molecule has 0 atom stereocenters. The lowest BCUT2D eigenvalue weighted by molar-refractivity contribution is 0.0717. The van der Waals surface area contributed by atoms with Crippen LogP contribution in [0.15, 0.2) is 24.4 Å². The van der Waals surface area contributed by atoms with Crippen molar-refractivity contribution in [2.24, 2.45) is 11.7 Å². The maximum Gasteiger partial charge on any atom is 0.122 e. The topological polar surface area (TPSA) is 40.2 Å². The summed E-state index contributed by atoms with van der Waals surface area (Å²) in [6.07, 6.45) is 5.65. The van der Waals surface area contributed by atoms with Crippen molar-refractivity contribution in [2.75, 3.05) is 13.2 Å². The van der Waals surface area contributed by atoms with Crippen LogP contribution in [0.2, 0.25) is 5.02 Å². The van der Waals surface area contributed by atoms with Gasteiger partial charge in [-0.2, -0.15) is 0 Å².